The summed E-state index contributed by atoms with van der Waals surface area (Å²) in [6.45, 7) is 0.912. The van der Waals surface area contributed by atoms with Gasteiger partial charge in [0.05, 0.1) is 14.7 Å². The van der Waals surface area contributed by atoms with Gasteiger partial charge in [0.15, 0.2) is 0 Å². The topological polar surface area (TPSA) is 12.0 Å². The lowest BCUT2D eigenvalue weighted by Gasteiger charge is -2.15. The van der Waals surface area contributed by atoms with Crippen molar-refractivity contribution in [1.29, 1.82) is 0 Å². The van der Waals surface area contributed by atoms with Gasteiger partial charge in [-0.1, -0.05) is 29.3 Å². The van der Waals surface area contributed by atoms with E-state index in [9.17, 15) is 0 Å². The smallest absolute Gasteiger partial charge is 0.0931 e. The Bertz CT molecular complexity index is 687. The van der Waals surface area contributed by atoms with E-state index in [4.69, 9.17) is 23.2 Å². The van der Waals surface area contributed by atoms with Crippen molar-refractivity contribution in [2.45, 2.75) is 12.5 Å². The normalized spacial score (nSPS) is 12.7. The van der Waals surface area contributed by atoms with Crippen molar-refractivity contribution in [1.82, 2.24) is 5.32 Å². The SMILES string of the molecule is Clc1ccc(CCNC(c2cccs2)c2ccc(Cl)s2)s1. The Balaban J connectivity index is 1.68. The highest BCUT2D eigenvalue weighted by Gasteiger charge is 2.16. The van der Waals surface area contributed by atoms with Gasteiger partial charge in [-0.05, 0) is 42.1 Å². The van der Waals surface area contributed by atoms with Crippen molar-refractivity contribution in [2.75, 3.05) is 6.54 Å². The Hall–Kier alpha value is -0.360. The molecule has 0 aliphatic heterocycles. The first-order valence-electron chi connectivity index (χ1n) is 6.48. The fraction of sp³-hybridized carbons (Fsp3) is 0.200. The molecule has 3 aromatic heterocycles. The lowest BCUT2D eigenvalue weighted by molar-refractivity contribution is 0.623. The van der Waals surface area contributed by atoms with Gasteiger partial charge < -0.3 is 5.32 Å². The molecule has 0 spiro atoms. The van der Waals surface area contributed by atoms with E-state index in [1.165, 1.54) is 14.6 Å². The van der Waals surface area contributed by atoms with Gasteiger partial charge in [0.1, 0.15) is 0 Å². The van der Waals surface area contributed by atoms with Gasteiger partial charge in [0.25, 0.3) is 0 Å². The third kappa shape index (κ3) is 4.09. The molecule has 0 aliphatic rings. The van der Waals surface area contributed by atoms with E-state index >= 15 is 0 Å². The van der Waals surface area contributed by atoms with Crippen LogP contribution in [0.25, 0.3) is 0 Å². The summed E-state index contributed by atoms with van der Waals surface area (Å²) in [4.78, 5) is 3.88. The van der Waals surface area contributed by atoms with Gasteiger partial charge in [-0.15, -0.1) is 34.0 Å². The Morgan fingerprint density at radius 2 is 1.76 bits per heavy atom. The van der Waals surface area contributed by atoms with Gasteiger partial charge >= 0.3 is 0 Å². The average molecular weight is 374 g/mol. The molecule has 21 heavy (non-hydrogen) atoms. The summed E-state index contributed by atoms with van der Waals surface area (Å²) in [5, 5.41) is 5.74. The molecular formula is C15H13Cl2NS3. The average Bonchev–Trinajstić information content (AvgIpc) is 3.17. The zero-order valence-corrected chi connectivity index (χ0v) is 15.0. The number of thiophene rings is 3. The van der Waals surface area contributed by atoms with Crippen LogP contribution in [0.5, 0.6) is 0 Å². The molecule has 0 saturated carbocycles. The second-order valence-corrected chi connectivity index (χ2v) is 9.03. The van der Waals surface area contributed by atoms with E-state index in [1.807, 2.05) is 12.1 Å². The Morgan fingerprint density at radius 1 is 0.952 bits per heavy atom. The fourth-order valence-electron chi connectivity index (χ4n) is 2.11. The van der Waals surface area contributed by atoms with Crippen LogP contribution in [0.2, 0.25) is 8.67 Å². The largest absolute Gasteiger partial charge is 0.305 e. The molecular weight excluding hydrogens is 361 g/mol. The monoisotopic (exact) mass is 373 g/mol. The van der Waals surface area contributed by atoms with Crippen LogP contribution in [0.1, 0.15) is 20.7 Å². The third-order valence-electron chi connectivity index (χ3n) is 3.05. The number of rotatable bonds is 6. The van der Waals surface area contributed by atoms with Crippen LogP contribution in [-0.4, -0.2) is 6.54 Å². The number of nitrogens with one attached hydrogen (secondary N) is 1. The first-order valence-corrected chi connectivity index (χ1v) is 9.75. The maximum atomic E-state index is 6.08. The molecule has 0 radical (unpaired) electrons. The zero-order chi connectivity index (χ0) is 14.7. The predicted molar refractivity (Wildman–Crippen MR) is 96.5 cm³/mol. The van der Waals surface area contributed by atoms with Crippen LogP contribution in [-0.2, 0) is 6.42 Å². The lowest BCUT2D eigenvalue weighted by Crippen LogP contribution is -2.23. The first-order chi connectivity index (χ1) is 10.2. The van der Waals surface area contributed by atoms with Gasteiger partial charge in [-0.25, -0.2) is 0 Å². The maximum absolute atomic E-state index is 6.08. The molecule has 6 heteroatoms. The van der Waals surface area contributed by atoms with E-state index in [0.717, 1.165) is 21.6 Å². The molecule has 0 fully saturated rings. The molecule has 0 aliphatic carbocycles. The van der Waals surface area contributed by atoms with Crippen molar-refractivity contribution >= 4 is 57.2 Å². The first kappa shape index (κ1) is 15.5. The van der Waals surface area contributed by atoms with E-state index < -0.39 is 0 Å². The second kappa shape index (κ2) is 7.27. The van der Waals surface area contributed by atoms with Gasteiger partial charge in [-0.3, -0.25) is 0 Å². The molecule has 3 heterocycles. The number of hydrogen-bond donors (Lipinski definition) is 1. The molecule has 1 nitrogen and oxygen atoms in total. The summed E-state index contributed by atoms with van der Waals surface area (Å²) in [6.07, 6.45) is 0.984. The third-order valence-corrected chi connectivity index (χ3v) is 6.58. The molecule has 1 N–H and O–H groups in total. The summed E-state index contributed by atoms with van der Waals surface area (Å²) in [5.74, 6) is 0. The predicted octanol–water partition coefficient (Wildman–Crippen LogP) is 6.10. The summed E-state index contributed by atoms with van der Waals surface area (Å²) in [5.41, 5.74) is 0. The van der Waals surface area contributed by atoms with E-state index in [2.05, 4.69) is 35.0 Å². The van der Waals surface area contributed by atoms with Crippen LogP contribution in [0.15, 0.2) is 41.8 Å². The van der Waals surface area contributed by atoms with Gasteiger partial charge in [0.2, 0.25) is 0 Å². The van der Waals surface area contributed by atoms with E-state index in [0.29, 0.717) is 0 Å². The lowest BCUT2D eigenvalue weighted by atomic mass is 10.2. The molecule has 3 rings (SSSR count). The maximum Gasteiger partial charge on any atom is 0.0931 e. The highest BCUT2D eigenvalue weighted by Crippen LogP contribution is 2.33. The van der Waals surface area contributed by atoms with Gasteiger partial charge in [-0.2, -0.15) is 0 Å². The van der Waals surface area contributed by atoms with Crippen molar-refractivity contribution < 1.29 is 0 Å². The van der Waals surface area contributed by atoms with Crippen LogP contribution in [0, 0.1) is 0 Å². The Kier molecular flexibility index (Phi) is 5.38. The molecule has 0 bridgehead atoms. The minimum Gasteiger partial charge on any atom is -0.305 e. The van der Waals surface area contributed by atoms with Crippen molar-refractivity contribution in [2.24, 2.45) is 0 Å². The highest BCUT2D eigenvalue weighted by atomic mass is 35.5. The molecule has 0 amide bonds. The van der Waals surface area contributed by atoms with Gasteiger partial charge in [0, 0.05) is 21.2 Å². The van der Waals surface area contributed by atoms with E-state index in [-0.39, 0.29) is 6.04 Å². The molecule has 3 aromatic rings. The molecule has 0 saturated heterocycles. The highest BCUT2D eigenvalue weighted by molar-refractivity contribution is 7.16. The Labute approximate surface area is 146 Å². The fourth-order valence-corrected chi connectivity index (χ4v) is 5.24. The summed E-state index contributed by atoms with van der Waals surface area (Å²) >= 11 is 17.1. The van der Waals surface area contributed by atoms with Crippen LogP contribution in [0.4, 0.5) is 0 Å². The summed E-state index contributed by atoms with van der Waals surface area (Å²) < 4.78 is 1.68. The molecule has 110 valence electrons. The minimum absolute atomic E-state index is 0.220. The summed E-state index contributed by atoms with van der Waals surface area (Å²) in [7, 11) is 0. The Morgan fingerprint density at radius 3 is 2.38 bits per heavy atom. The zero-order valence-electron chi connectivity index (χ0n) is 11.0. The number of halogens is 2. The van der Waals surface area contributed by atoms with Crippen LogP contribution < -0.4 is 5.32 Å². The number of hydrogen-bond acceptors (Lipinski definition) is 4. The summed E-state index contributed by atoms with van der Waals surface area (Å²) in [6, 6.07) is 12.6. The molecule has 0 aromatic carbocycles. The van der Waals surface area contributed by atoms with Crippen molar-refractivity contribution in [3.63, 3.8) is 0 Å². The molecule has 1 unspecified atom stereocenters. The van der Waals surface area contributed by atoms with Crippen LogP contribution in [0.3, 0.4) is 0 Å². The van der Waals surface area contributed by atoms with E-state index in [1.54, 1.807) is 34.0 Å². The second-order valence-electron chi connectivity index (χ2n) is 4.50. The van der Waals surface area contributed by atoms with Crippen molar-refractivity contribution in [3.8, 4) is 0 Å². The van der Waals surface area contributed by atoms with Crippen molar-refractivity contribution in [3.05, 3.63) is 65.1 Å². The van der Waals surface area contributed by atoms with Crippen LogP contribution >= 0.6 is 57.2 Å². The molecule has 1 atom stereocenters. The minimum atomic E-state index is 0.220. The quantitative estimate of drug-likeness (QED) is 0.550. The standard InChI is InChI=1S/C15H13Cl2NS3/c16-13-5-3-10(20-13)7-8-18-15(11-2-1-9-19-11)12-4-6-14(17)21-12/h1-6,9,15,18H,7-8H2.